The summed E-state index contributed by atoms with van der Waals surface area (Å²) in [5.41, 5.74) is 0.821. The highest BCUT2D eigenvalue weighted by Crippen LogP contribution is 2.43. The Morgan fingerprint density at radius 1 is 0.971 bits per heavy atom. The standard InChI is InChI=1S/C25H26Cl2N2O4S/c1-31-19-12-15(13-20(32-2)22(19)33-3)23(30)29-24(34)21(17-9-8-16(26)14-18(17)27)28-25(29)10-6-4-5-7-11-25/h8-9,12-14H,4-7,10-11H2,1-3H3. The van der Waals surface area contributed by atoms with E-state index in [0.717, 1.165) is 38.5 Å². The molecule has 180 valence electrons. The van der Waals surface area contributed by atoms with Crippen molar-refractivity contribution >= 4 is 52.0 Å². The van der Waals surface area contributed by atoms with Gasteiger partial charge in [-0.25, -0.2) is 0 Å². The number of hydrogen-bond donors (Lipinski definition) is 0. The van der Waals surface area contributed by atoms with Crippen LogP contribution >= 0.6 is 35.4 Å². The first-order valence-corrected chi connectivity index (χ1v) is 12.3. The minimum Gasteiger partial charge on any atom is -0.493 e. The van der Waals surface area contributed by atoms with Gasteiger partial charge >= 0.3 is 0 Å². The predicted molar refractivity (Wildman–Crippen MR) is 138 cm³/mol. The summed E-state index contributed by atoms with van der Waals surface area (Å²) in [5.74, 6) is 0.939. The number of halogens is 2. The van der Waals surface area contributed by atoms with Gasteiger partial charge in [-0.1, -0.05) is 48.3 Å². The van der Waals surface area contributed by atoms with Gasteiger partial charge in [0.25, 0.3) is 5.91 Å². The lowest BCUT2D eigenvalue weighted by atomic mass is 9.98. The number of hydrogen-bond acceptors (Lipinski definition) is 6. The molecule has 2 aliphatic rings. The molecule has 1 amide bonds. The Balaban J connectivity index is 1.83. The minimum atomic E-state index is -0.761. The molecule has 0 unspecified atom stereocenters. The molecule has 0 saturated heterocycles. The van der Waals surface area contributed by atoms with Crippen molar-refractivity contribution < 1.29 is 19.0 Å². The van der Waals surface area contributed by atoms with Crippen molar-refractivity contribution in [3.63, 3.8) is 0 Å². The number of nitrogens with zero attached hydrogens (tertiary/aromatic N) is 2. The van der Waals surface area contributed by atoms with E-state index < -0.39 is 5.66 Å². The number of aliphatic imine (C=N–C) groups is 1. The van der Waals surface area contributed by atoms with Crippen LogP contribution in [0.4, 0.5) is 0 Å². The molecule has 1 aliphatic heterocycles. The molecule has 1 spiro atoms. The molecule has 2 aromatic rings. The highest BCUT2D eigenvalue weighted by molar-refractivity contribution is 7.82. The topological polar surface area (TPSA) is 60.4 Å². The van der Waals surface area contributed by atoms with Crippen LogP contribution in [0.15, 0.2) is 35.3 Å². The van der Waals surface area contributed by atoms with Crippen LogP contribution < -0.4 is 14.2 Å². The number of thiocarbonyl (C=S) groups is 1. The SMILES string of the molecule is COc1cc(C(=O)N2C(=S)C(c3ccc(Cl)cc3Cl)=NC23CCCCCC3)cc(OC)c1OC. The van der Waals surface area contributed by atoms with Crippen molar-refractivity contribution in [2.45, 2.75) is 44.2 Å². The van der Waals surface area contributed by atoms with Crippen LogP contribution in [0.2, 0.25) is 10.0 Å². The first-order valence-electron chi connectivity index (χ1n) is 11.1. The molecule has 2 aromatic carbocycles. The number of benzene rings is 2. The van der Waals surface area contributed by atoms with Crippen LogP contribution in [-0.4, -0.2) is 48.5 Å². The van der Waals surface area contributed by atoms with Crippen LogP contribution in [-0.2, 0) is 0 Å². The van der Waals surface area contributed by atoms with E-state index in [2.05, 4.69) is 0 Å². The monoisotopic (exact) mass is 520 g/mol. The Bertz CT molecular complexity index is 1130. The fraction of sp³-hybridized carbons (Fsp3) is 0.400. The van der Waals surface area contributed by atoms with Gasteiger partial charge in [-0.2, -0.15) is 0 Å². The number of carbonyl (C=O) groups is 1. The number of rotatable bonds is 5. The van der Waals surface area contributed by atoms with Gasteiger partial charge in [-0.05, 0) is 56.0 Å². The average Bonchev–Trinajstić information content (AvgIpc) is 2.96. The largest absolute Gasteiger partial charge is 0.493 e. The third-order valence-corrected chi connectivity index (χ3v) is 7.27. The summed E-state index contributed by atoms with van der Waals surface area (Å²) in [6.07, 6.45) is 5.52. The number of ether oxygens (including phenoxy) is 3. The Labute approximate surface area is 214 Å². The van der Waals surface area contributed by atoms with E-state index in [1.54, 1.807) is 35.2 Å². The van der Waals surface area contributed by atoms with E-state index in [4.69, 9.17) is 54.6 Å². The molecule has 9 heteroatoms. The van der Waals surface area contributed by atoms with Crippen molar-refractivity contribution in [1.29, 1.82) is 0 Å². The van der Waals surface area contributed by atoms with E-state index in [1.807, 2.05) is 0 Å². The fourth-order valence-corrected chi connectivity index (χ4v) is 5.61. The summed E-state index contributed by atoms with van der Waals surface area (Å²) in [7, 11) is 4.55. The van der Waals surface area contributed by atoms with E-state index >= 15 is 0 Å². The molecule has 1 aliphatic carbocycles. The summed E-state index contributed by atoms with van der Waals surface area (Å²) in [5, 5.41) is 0.965. The Hall–Kier alpha value is -2.35. The average molecular weight is 521 g/mol. The summed E-state index contributed by atoms with van der Waals surface area (Å²) >= 11 is 18.5. The first-order chi connectivity index (χ1) is 16.3. The first kappa shape index (κ1) is 24.8. The maximum absolute atomic E-state index is 14.1. The summed E-state index contributed by atoms with van der Waals surface area (Å²) in [6, 6.07) is 8.49. The van der Waals surface area contributed by atoms with Crippen LogP contribution in [0.5, 0.6) is 17.2 Å². The van der Waals surface area contributed by atoms with Crippen LogP contribution in [0.1, 0.15) is 54.4 Å². The van der Waals surface area contributed by atoms with Crippen molar-refractivity contribution in [2.24, 2.45) is 4.99 Å². The van der Waals surface area contributed by atoms with Crippen molar-refractivity contribution in [3.05, 3.63) is 51.5 Å². The minimum absolute atomic E-state index is 0.269. The lowest BCUT2D eigenvalue weighted by Gasteiger charge is -2.35. The van der Waals surface area contributed by atoms with Crippen molar-refractivity contribution in [2.75, 3.05) is 21.3 Å². The van der Waals surface area contributed by atoms with Crippen LogP contribution in [0.3, 0.4) is 0 Å². The normalized spacial score (nSPS) is 17.4. The van der Waals surface area contributed by atoms with E-state index in [0.29, 0.717) is 49.1 Å². The maximum Gasteiger partial charge on any atom is 0.261 e. The lowest BCUT2D eigenvalue weighted by Crippen LogP contribution is -2.49. The predicted octanol–water partition coefficient (Wildman–Crippen LogP) is 6.34. The molecule has 0 aromatic heterocycles. The van der Waals surface area contributed by atoms with Crippen LogP contribution in [0, 0.1) is 0 Å². The molecule has 1 fully saturated rings. The Kier molecular flexibility index (Phi) is 7.36. The third kappa shape index (κ3) is 4.37. The van der Waals surface area contributed by atoms with Crippen molar-refractivity contribution in [3.8, 4) is 17.2 Å². The fourth-order valence-electron chi connectivity index (χ4n) is 4.70. The summed E-state index contributed by atoms with van der Waals surface area (Å²) < 4.78 is 16.3. The molecule has 0 atom stereocenters. The van der Waals surface area contributed by atoms with Gasteiger partial charge in [-0.3, -0.25) is 14.7 Å². The quantitative estimate of drug-likeness (QED) is 0.430. The molecule has 1 heterocycles. The Morgan fingerprint density at radius 2 is 1.59 bits per heavy atom. The highest BCUT2D eigenvalue weighted by Gasteiger charge is 2.49. The summed E-state index contributed by atoms with van der Waals surface area (Å²) in [6.45, 7) is 0. The zero-order chi connectivity index (χ0) is 24.5. The molecule has 0 N–H and O–H groups in total. The molecule has 0 bridgehead atoms. The smallest absolute Gasteiger partial charge is 0.261 e. The van der Waals surface area contributed by atoms with Gasteiger partial charge in [0.1, 0.15) is 16.4 Å². The second-order valence-electron chi connectivity index (χ2n) is 8.34. The maximum atomic E-state index is 14.1. The van der Waals surface area contributed by atoms with E-state index in [-0.39, 0.29) is 5.91 Å². The zero-order valence-electron chi connectivity index (χ0n) is 19.3. The van der Waals surface area contributed by atoms with Gasteiger partial charge in [0.2, 0.25) is 5.75 Å². The lowest BCUT2D eigenvalue weighted by molar-refractivity contribution is 0.0691. The van der Waals surface area contributed by atoms with Gasteiger partial charge < -0.3 is 14.2 Å². The second kappa shape index (κ2) is 10.1. The molecule has 0 radical (unpaired) electrons. The van der Waals surface area contributed by atoms with Crippen molar-refractivity contribution in [1.82, 2.24) is 4.90 Å². The summed E-state index contributed by atoms with van der Waals surface area (Å²) in [4.78, 5) is 21.2. The van der Waals surface area contributed by atoms with Gasteiger partial charge in [0, 0.05) is 16.1 Å². The highest BCUT2D eigenvalue weighted by atomic mass is 35.5. The molecule has 1 saturated carbocycles. The third-order valence-electron chi connectivity index (χ3n) is 6.35. The van der Waals surface area contributed by atoms with Gasteiger partial charge in [-0.15, -0.1) is 0 Å². The van der Waals surface area contributed by atoms with E-state index in [9.17, 15) is 4.79 Å². The number of methoxy groups -OCH3 is 3. The Morgan fingerprint density at radius 3 is 2.12 bits per heavy atom. The molecule has 4 rings (SSSR count). The van der Waals surface area contributed by atoms with Crippen LogP contribution in [0.25, 0.3) is 0 Å². The van der Waals surface area contributed by atoms with Gasteiger partial charge in [0.05, 0.1) is 26.4 Å². The zero-order valence-corrected chi connectivity index (χ0v) is 21.6. The molecular formula is C25H26Cl2N2O4S. The second-order valence-corrected chi connectivity index (χ2v) is 9.57. The van der Waals surface area contributed by atoms with Gasteiger partial charge in [0.15, 0.2) is 11.5 Å². The van der Waals surface area contributed by atoms with E-state index in [1.165, 1.54) is 21.3 Å². The number of carbonyl (C=O) groups excluding carboxylic acids is 1. The molecule has 6 nitrogen and oxygen atoms in total. The molecular weight excluding hydrogens is 495 g/mol. The number of amides is 1. The molecule has 34 heavy (non-hydrogen) atoms.